The molecule has 0 aliphatic rings. The second kappa shape index (κ2) is 10.3. The molecule has 0 spiro atoms. The van der Waals surface area contributed by atoms with Crippen LogP contribution in [0.2, 0.25) is 0 Å². The molecule has 27 heavy (non-hydrogen) atoms. The van der Waals surface area contributed by atoms with Gasteiger partial charge in [0.25, 0.3) is 5.91 Å². The van der Waals surface area contributed by atoms with E-state index in [1.807, 2.05) is 30.3 Å². The van der Waals surface area contributed by atoms with Crippen molar-refractivity contribution < 1.29 is 24.2 Å². The Morgan fingerprint density at radius 3 is 2.48 bits per heavy atom. The molecule has 144 valence electrons. The number of benzene rings is 2. The molecule has 0 radical (unpaired) electrons. The number of rotatable bonds is 10. The molecule has 0 aliphatic carbocycles. The van der Waals surface area contributed by atoms with E-state index < -0.39 is 12.0 Å². The summed E-state index contributed by atoms with van der Waals surface area (Å²) < 4.78 is 10.6. The number of amides is 1. The molecule has 0 aliphatic heterocycles. The highest BCUT2D eigenvalue weighted by Crippen LogP contribution is 2.18. The maximum absolute atomic E-state index is 13.0. The van der Waals surface area contributed by atoms with Crippen LogP contribution in [-0.4, -0.2) is 48.2 Å². The first-order chi connectivity index (χ1) is 13.0. The fraction of sp³-hybridized carbons (Fsp3) is 0.333. The van der Waals surface area contributed by atoms with E-state index in [1.54, 1.807) is 31.4 Å². The molecule has 1 N–H and O–H groups in total. The first-order valence-electron chi connectivity index (χ1n) is 8.82. The summed E-state index contributed by atoms with van der Waals surface area (Å²) in [4.78, 5) is 25.9. The summed E-state index contributed by atoms with van der Waals surface area (Å²) in [5, 5.41) is 9.42. The fourth-order valence-electron chi connectivity index (χ4n) is 2.58. The number of carbonyl (C=O) groups is 2. The van der Waals surface area contributed by atoms with Crippen molar-refractivity contribution in [2.24, 2.45) is 0 Å². The first kappa shape index (κ1) is 20.5. The van der Waals surface area contributed by atoms with Gasteiger partial charge in [0.2, 0.25) is 0 Å². The average molecular weight is 371 g/mol. The van der Waals surface area contributed by atoms with E-state index in [1.165, 1.54) is 11.8 Å². The maximum Gasteiger partial charge on any atom is 0.326 e. The van der Waals surface area contributed by atoms with Crippen molar-refractivity contribution in [1.29, 1.82) is 0 Å². The number of aliphatic carboxylic acids is 1. The minimum absolute atomic E-state index is 0.214. The minimum atomic E-state index is -1.05. The molecule has 0 heterocycles. The van der Waals surface area contributed by atoms with Gasteiger partial charge in [-0.1, -0.05) is 36.4 Å². The smallest absolute Gasteiger partial charge is 0.326 e. The molecule has 0 aromatic heterocycles. The predicted molar refractivity (Wildman–Crippen MR) is 102 cm³/mol. The Balaban J connectivity index is 2.17. The minimum Gasteiger partial charge on any atom is -0.493 e. The van der Waals surface area contributed by atoms with Crippen molar-refractivity contribution >= 4 is 11.9 Å². The summed E-state index contributed by atoms with van der Waals surface area (Å²) in [5.74, 6) is -0.832. The number of ether oxygens (including phenoxy) is 2. The van der Waals surface area contributed by atoms with Crippen molar-refractivity contribution in [3.8, 4) is 5.75 Å². The van der Waals surface area contributed by atoms with Crippen LogP contribution in [0.1, 0.15) is 29.3 Å². The number of hydrogen-bond acceptors (Lipinski definition) is 4. The maximum atomic E-state index is 13.0. The van der Waals surface area contributed by atoms with Gasteiger partial charge >= 0.3 is 5.97 Å². The summed E-state index contributed by atoms with van der Waals surface area (Å²) in [6.07, 6.45) is 0.741. The number of carboxylic acids is 1. The van der Waals surface area contributed by atoms with Gasteiger partial charge in [-0.25, -0.2) is 4.79 Å². The van der Waals surface area contributed by atoms with Crippen molar-refractivity contribution in [1.82, 2.24) is 4.90 Å². The molecule has 1 atom stereocenters. The van der Waals surface area contributed by atoms with Crippen molar-refractivity contribution in [3.05, 3.63) is 65.7 Å². The Morgan fingerprint density at radius 1 is 1.07 bits per heavy atom. The highest BCUT2D eigenvalue weighted by molar-refractivity contribution is 5.96. The van der Waals surface area contributed by atoms with Crippen molar-refractivity contribution in [2.45, 2.75) is 25.9 Å². The molecular formula is C21H25NO5. The monoisotopic (exact) mass is 371 g/mol. The van der Waals surface area contributed by atoms with Gasteiger partial charge < -0.3 is 19.5 Å². The van der Waals surface area contributed by atoms with Gasteiger partial charge in [-0.2, -0.15) is 0 Å². The predicted octanol–water partition coefficient (Wildman–Crippen LogP) is 3.22. The van der Waals surface area contributed by atoms with Crippen LogP contribution >= 0.6 is 0 Å². The quantitative estimate of drug-likeness (QED) is 0.649. The van der Waals surface area contributed by atoms with Crippen LogP contribution in [0.4, 0.5) is 0 Å². The second-order valence-corrected chi connectivity index (χ2v) is 6.16. The van der Waals surface area contributed by atoms with E-state index in [-0.39, 0.29) is 12.5 Å². The zero-order valence-corrected chi connectivity index (χ0v) is 15.6. The highest BCUT2D eigenvalue weighted by atomic mass is 16.5. The molecule has 2 rings (SSSR count). The molecule has 0 saturated heterocycles. The third-order valence-electron chi connectivity index (χ3n) is 4.12. The molecule has 2 aromatic rings. The van der Waals surface area contributed by atoms with E-state index in [0.29, 0.717) is 24.5 Å². The van der Waals surface area contributed by atoms with E-state index in [9.17, 15) is 14.7 Å². The Labute approximate surface area is 159 Å². The Hall–Kier alpha value is -2.86. The SMILES string of the molecule is COCCCOc1cccc(C(=O)N(Cc2ccccc2)C(C)C(=O)O)c1. The number of methoxy groups -OCH3 is 1. The molecule has 6 nitrogen and oxygen atoms in total. The van der Waals surface area contributed by atoms with Crippen LogP contribution in [0.15, 0.2) is 54.6 Å². The zero-order valence-electron chi connectivity index (χ0n) is 15.6. The topological polar surface area (TPSA) is 76.1 Å². The molecule has 0 saturated carbocycles. The summed E-state index contributed by atoms with van der Waals surface area (Å²) >= 11 is 0. The molecule has 1 amide bonds. The average Bonchev–Trinajstić information content (AvgIpc) is 2.69. The highest BCUT2D eigenvalue weighted by Gasteiger charge is 2.26. The van der Waals surface area contributed by atoms with Crippen molar-refractivity contribution in [3.63, 3.8) is 0 Å². The van der Waals surface area contributed by atoms with Crippen molar-refractivity contribution in [2.75, 3.05) is 20.3 Å². The molecular weight excluding hydrogens is 346 g/mol. The van der Waals surface area contributed by atoms with Crippen LogP contribution in [-0.2, 0) is 16.1 Å². The van der Waals surface area contributed by atoms with Gasteiger partial charge in [-0.3, -0.25) is 4.79 Å². The number of hydrogen-bond donors (Lipinski definition) is 1. The van der Waals surface area contributed by atoms with Gasteiger partial charge in [0.05, 0.1) is 6.61 Å². The fourth-order valence-corrected chi connectivity index (χ4v) is 2.58. The molecule has 2 aromatic carbocycles. The first-order valence-corrected chi connectivity index (χ1v) is 8.82. The van der Waals surface area contributed by atoms with Gasteiger partial charge in [0.15, 0.2) is 0 Å². The van der Waals surface area contributed by atoms with Gasteiger partial charge in [-0.15, -0.1) is 0 Å². The standard InChI is InChI=1S/C21H25NO5/c1-16(21(24)25)22(15-17-8-4-3-5-9-17)20(23)18-10-6-11-19(14-18)27-13-7-12-26-2/h3-6,8-11,14,16H,7,12-13,15H2,1-2H3,(H,24,25). The normalized spacial score (nSPS) is 11.6. The summed E-state index contributed by atoms with van der Waals surface area (Å²) in [6, 6.07) is 15.2. The lowest BCUT2D eigenvalue weighted by Crippen LogP contribution is -2.42. The van der Waals surface area contributed by atoms with Gasteiger partial charge in [0.1, 0.15) is 11.8 Å². The number of carbonyl (C=O) groups excluding carboxylic acids is 1. The second-order valence-electron chi connectivity index (χ2n) is 6.16. The largest absolute Gasteiger partial charge is 0.493 e. The lowest BCUT2D eigenvalue weighted by atomic mass is 10.1. The van der Waals surface area contributed by atoms with Gasteiger partial charge in [-0.05, 0) is 30.7 Å². The van der Waals surface area contributed by atoms with Crippen LogP contribution in [0.25, 0.3) is 0 Å². The van der Waals surface area contributed by atoms with E-state index >= 15 is 0 Å². The summed E-state index contributed by atoms with van der Waals surface area (Å²) in [5.41, 5.74) is 1.26. The van der Waals surface area contributed by atoms with Crippen LogP contribution < -0.4 is 4.74 Å². The lowest BCUT2D eigenvalue weighted by Gasteiger charge is -2.27. The van der Waals surface area contributed by atoms with Gasteiger partial charge in [0, 0.05) is 32.2 Å². The van der Waals surface area contributed by atoms with Crippen LogP contribution in [0.5, 0.6) is 5.75 Å². The number of carboxylic acid groups (broad SMARTS) is 1. The molecule has 0 bridgehead atoms. The Bertz CT molecular complexity index is 747. The van der Waals surface area contributed by atoms with Crippen LogP contribution in [0.3, 0.4) is 0 Å². The summed E-state index contributed by atoms with van der Waals surface area (Å²) in [7, 11) is 1.63. The van der Waals surface area contributed by atoms with Crippen LogP contribution in [0, 0.1) is 0 Å². The third-order valence-corrected chi connectivity index (χ3v) is 4.12. The Kier molecular flexibility index (Phi) is 7.82. The molecule has 6 heteroatoms. The Morgan fingerprint density at radius 2 is 1.81 bits per heavy atom. The lowest BCUT2D eigenvalue weighted by molar-refractivity contribution is -0.141. The van der Waals surface area contributed by atoms with E-state index in [4.69, 9.17) is 9.47 Å². The molecule has 0 fully saturated rings. The molecule has 1 unspecified atom stereocenters. The zero-order chi connectivity index (χ0) is 19.6. The third kappa shape index (κ3) is 6.11. The van der Waals surface area contributed by atoms with E-state index in [0.717, 1.165) is 12.0 Å². The van der Waals surface area contributed by atoms with E-state index in [2.05, 4.69) is 0 Å². The summed E-state index contributed by atoms with van der Waals surface area (Å²) in [6.45, 7) is 2.80. The number of nitrogens with zero attached hydrogens (tertiary/aromatic N) is 1.